The van der Waals surface area contributed by atoms with Crippen molar-refractivity contribution in [3.8, 4) is 0 Å². The number of nitrogens with zero attached hydrogens (tertiary/aromatic N) is 1. The summed E-state index contributed by atoms with van der Waals surface area (Å²) in [7, 11) is 0. The van der Waals surface area contributed by atoms with Crippen LogP contribution in [0.4, 0.5) is 4.79 Å². The molecule has 0 aliphatic carbocycles. The monoisotopic (exact) mass is 320 g/mol. The summed E-state index contributed by atoms with van der Waals surface area (Å²) in [4.78, 5) is 25.8. The van der Waals surface area contributed by atoms with Gasteiger partial charge in [0.25, 0.3) is 0 Å². The zero-order chi connectivity index (χ0) is 17.3. The van der Waals surface area contributed by atoms with Crippen molar-refractivity contribution in [2.75, 3.05) is 13.1 Å². The lowest BCUT2D eigenvalue weighted by Crippen LogP contribution is -2.42. The first-order chi connectivity index (χ1) is 10.8. The molecular formula is C18H28N2O3. The van der Waals surface area contributed by atoms with Crippen molar-refractivity contribution in [2.24, 2.45) is 0 Å². The highest BCUT2D eigenvalue weighted by molar-refractivity contribution is 5.82. The first kappa shape index (κ1) is 19.0. The maximum Gasteiger partial charge on any atom is 0.408 e. The van der Waals surface area contributed by atoms with Gasteiger partial charge in [0, 0.05) is 13.1 Å². The zero-order valence-corrected chi connectivity index (χ0v) is 14.6. The molecule has 1 rings (SSSR count). The highest BCUT2D eigenvalue weighted by Crippen LogP contribution is 2.08. The number of nitrogens with one attached hydrogen (secondary N) is 1. The Hall–Kier alpha value is -2.04. The summed E-state index contributed by atoms with van der Waals surface area (Å²) >= 11 is 0. The summed E-state index contributed by atoms with van der Waals surface area (Å²) in [6.45, 7) is 8.64. The molecule has 0 atom stereocenters. The maximum absolute atomic E-state index is 12.4. The maximum atomic E-state index is 12.4. The van der Waals surface area contributed by atoms with E-state index in [0.29, 0.717) is 13.1 Å². The first-order valence-corrected chi connectivity index (χ1v) is 8.10. The van der Waals surface area contributed by atoms with Gasteiger partial charge in [-0.05, 0) is 32.8 Å². The van der Waals surface area contributed by atoms with Gasteiger partial charge in [0.05, 0.1) is 0 Å². The van der Waals surface area contributed by atoms with Gasteiger partial charge in [-0.25, -0.2) is 4.79 Å². The number of amides is 2. The number of benzene rings is 1. The van der Waals surface area contributed by atoms with Gasteiger partial charge in [0.1, 0.15) is 12.1 Å². The lowest BCUT2D eigenvalue weighted by Gasteiger charge is -2.24. The van der Waals surface area contributed by atoms with Crippen LogP contribution in [0, 0.1) is 0 Å². The Kier molecular flexibility index (Phi) is 7.59. The van der Waals surface area contributed by atoms with Crippen molar-refractivity contribution >= 4 is 12.0 Å². The molecule has 0 aliphatic heterocycles. The summed E-state index contributed by atoms with van der Waals surface area (Å²) < 4.78 is 5.15. The lowest BCUT2D eigenvalue weighted by atomic mass is 10.2. The molecule has 0 bridgehead atoms. The van der Waals surface area contributed by atoms with Gasteiger partial charge in [-0.3, -0.25) is 4.79 Å². The van der Waals surface area contributed by atoms with Crippen LogP contribution in [0.5, 0.6) is 0 Å². The molecule has 1 aromatic carbocycles. The molecule has 1 aromatic rings. The Morgan fingerprint density at radius 2 is 1.83 bits per heavy atom. The number of carbonyl (C=O) groups is 2. The van der Waals surface area contributed by atoms with Crippen molar-refractivity contribution in [3.63, 3.8) is 0 Å². The summed E-state index contributed by atoms with van der Waals surface area (Å²) in [6.07, 6.45) is 1.38. The van der Waals surface area contributed by atoms with Crippen molar-refractivity contribution in [2.45, 2.75) is 52.7 Å². The van der Waals surface area contributed by atoms with Crippen LogP contribution in [-0.4, -0.2) is 35.6 Å². The SMILES string of the molecule is CCCCN(Cc1ccccc1)C(=O)CNC(=O)OC(C)(C)C. The number of alkyl carbamates (subject to hydrolysis) is 1. The van der Waals surface area contributed by atoms with Crippen LogP contribution < -0.4 is 5.32 Å². The predicted octanol–water partition coefficient (Wildman–Crippen LogP) is 3.34. The van der Waals surface area contributed by atoms with Crippen LogP contribution in [0.2, 0.25) is 0 Å². The molecule has 0 aromatic heterocycles. The van der Waals surface area contributed by atoms with Gasteiger partial charge >= 0.3 is 6.09 Å². The van der Waals surface area contributed by atoms with Crippen molar-refractivity contribution in [1.29, 1.82) is 0 Å². The number of hydrogen-bond donors (Lipinski definition) is 1. The fourth-order valence-electron chi connectivity index (χ4n) is 2.02. The number of ether oxygens (including phenoxy) is 1. The third-order valence-electron chi connectivity index (χ3n) is 3.13. The standard InChI is InChI=1S/C18H28N2O3/c1-5-6-12-20(14-15-10-8-7-9-11-15)16(21)13-19-17(22)23-18(2,3)4/h7-11H,5-6,12-14H2,1-4H3,(H,19,22). The molecule has 0 heterocycles. The van der Waals surface area contributed by atoms with Crippen LogP contribution in [-0.2, 0) is 16.1 Å². The lowest BCUT2D eigenvalue weighted by molar-refractivity contribution is -0.131. The summed E-state index contributed by atoms with van der Waals surface area (Å²) in [5.41, 5.74) is 0.508. The minimum Gasteiger partial charge on any atom is -0.444 e. The molecule has 5 nitrogen and oxygen atoms in total. The smallest absolute Gasteiger partial charge is 0.408 e. The van der Waals surface area contributed by atoms with E-state index in [9.17, 15) is 9.59 Å². The molecular weight excluding hydrogens is 292 g/mol. The van der Waals surface area contributed by atoms with E-state index in [0.717, 1.165) is 18.4 Å². The number of unbranched alkanes of at least 4 members (excludes halogenated alkanes) is 1. The molecule has 5 heteroatoms. The second-order valence-corrected chi connectivity index (χ2v) is 6.51. The minimum atomic E-state index is -0.570. The molecule has 0 radical (unpaired) electrons. The van der Waals surface area contributed by atoms with E-state index in [4.69, 9.17) is 4.74 Å². The molecule has 0 saturated heterocycles. The Labute approximate surface area is 139 Å². The highest BCUT2D eigenvalue weighted by atomic mass is 16.6. The number of hydrogen-bond acceptors (Lipinski definition) is 3. The molecule has 0 unspecified atom stereocenters. The zero-order valence-electron chi connectivity index (χ0n) is 14.6. The van der Waals surface area contributed by atoms with E-state index in [2.05, 4.69) is 12.2 Å². The Bertz CT molecular complexity index is 495. The van der Waals surface area contributed by atoms with E-state index in [1.165, 1.54) is 0 Å². The molecule has 1 N–H and O–H groups in total. The summed E-state index contributed by atoms with van der Waals surface area (Å²) in [5, 5.41) is 2.53. The third-order valence-corrected chi connectivity index (χ3v) is 3.13. The van der Waals surface area contributed by atoms with Gasteiger partial charge in [-0.2, -0.15) is 0 Å². The second-order valence-electron chi connectivity index (χ2n) is 6.51. The molecule has 2 amide bonds. The van der Waals surface area contributed by atoms with Crippen molar-refractivity contribution in [3.05, 3.63) is 35.9 Å². The molecule has 23 heavy (non-hydrogen) atoms. The molecule has 0 aliphatic rings. The highest BCUT2D eigenvalue weighted by Gasteiger charge is 2.18. The topological polar surface area (TPSA) is 58.6 Å². The normalized spacial score (nSPS) is 11.0. The van der Waals surface area contributed by atoms with E-state index in [1.807, 2.05) is 30.3 Å². The summed E-state index contributed by atoms with van der Waals surface area (Å²) in [5.74, 6) is -0.104. The second kappa shape index (κ2) is 9.18. The van der Waals surface area contributed by atoms with Crippen LogP contribution in [0.25, 0.3) is 0 Å². The largest absolute Gasteiger partial charge is 0.444 e. The molecule has 0 fully saturated rings. The van der Waals surface area contributed by atoms with Gasteiger partial charge in [-0.1, -0.05) is 43.7 Å². The van der Waals surface area contributed by atoms with Crippen LogP contribution in [0.15, 0.2) is 30.3 Å². The molecule has 0 saturated carbocycles. The van der Waals surface area contributed by atoms with Gasteiger partial charge in [0.2, 0.25) is 5.91 Å². The van der Waals surface area contributed by atoms with E-state index < -0.39 is 11.7 Å². The fourth-order valence-corrected chi connectivity index (χ4v) is 2.02. The first-order valence-electron chi connectivity index (χ1n) is 8.10. The van der Waals surface area contributed by atoms with Crippen molar-refractivity contribution in [1.82, 2.24) is 10.2 Å². The van der Waals surface area contributed by atoms with Crippen LogP contribution in [0.1, 0.15) is 46.1 Å². The summed E-state index contributed by atoms with van der Waals surface area (Å²) in [6, 6.07) is 9.85. The van der Waals surface area contributed by atoms with Crippen LogP contribution >= 0.6 is 0 Å². The average Bonchev–Trinajstić information content (AvgIpc) is 2.48. The molecule has 128 valence electrons. The number of rotatable bonds is 7. The van der Waals surface area contributed by atoms with E-state index >= 15 is 0 Å². The Morgan fingerprint density at radius 3 is 2.39 bits per heavy atom. The van der Waals surface area contributed by atoms with E-state index in [-0.39, 0.29) is 12.5 Å². The third kappa shape index (κ3) is 8.24. The van der Waals surface area contributed by atoms with Gasteiger partial charge in [0.15, 0.2) is 0 Å². The average molecular weight is 320 g/mol. The quantitative estimate of drug-likeness (QED) is 0.838. The Morgan fingerprint density at radius 1 is 1.17 bits per heavy atom. The van der Waals surface area contributed by atoms with Crippen molar-refractivity contribution < 1.29 is 14.3 Å². The number of carbonyl (C=O) groups excluding carboxylic acids is 2. The Balaban J connectivity index is 2.56. The van der Waals surface area contributed by atoms with E-state index in [1.54, 1.807) is 25.7 Å². The fraction of sp³-hybridized carbons (Fsp3) is 0.556. The van der Waals surface area contributed by atoms with Gasteiger partial charge < -0.3 is 15.0 Å². The molecule has 0 spiro atoms. The van der Waals surface area contributed by atoms with Gasteiger partial charge in [-0.15, -0.1) is 0 Å². The van der Waals surface area contributed by atoms with Crippen LogP contribution in [0.3, 0.4) is 0 Å². The minimum absolute atomic E-state index is 0.0501. The predicted molar refractivity (Wildman–Crippen MR) is 91.0 cm³/mol.